The van der Waals surface area contributed by atoms with E-state index in [2.05, 4.69) is 96.6 Å². The molecule has 1 unspecified atom stereocenters. The molecule has 0 saturated carbocycles. The summed E-state index contributed by atoms with van der Waals surface area (Å²) in [6.07, 6.45) is 1.69. The Labute approximate surface area is 193 Å². The van der Waals surface area contributed by atoms with E-state index in [1.807, 2.05) is 0 Å². The van der Waals surface area contributed by atoms with E-state index in [0.29, 0.717) is 18.0 Å². The minimum atomic E-state index is -0.417. The Hall–Kier alpha value is -3.60. The summed E-state index contributed by atoms with van der Waals surface area (Å²) in [4.78, 5) is 23.0. The second kappa shape index (κ2) is 7.20. The summed E-state index contributed by atoms with van der Waals surface area (Å²) in [5.74, 6) is 0.373. The van der Waals surface area contributed by atoms with Crippen LogP contribution in [0.2, 0.25) is 0 Å². The molecule has 0 radical (unpaired) electrons. The molecule has 6 rings (SSSR count). The number of benzene rings is 3. The van der Waals surface area contributed by atoms with Gasteiger partial charge in [-0.25, -0.2) is 4.98 Å². The molecule has 2 aliphatic rings. The van der Waals surface area contributed by atoms with Crippen LogP contribution in [0.25, 0.3) is 11.0 Å². The van der Waals surface area contributed by atoms with Crippen LogP contribution in [0.15, 0.2) is 65.5 Å². The SMILES string of the molecule is CC(C)Cc1nc2cc3c(cc2[nH]c1=O)NC(C)(c1ccccc1)c1cccc2c1N3CC2. The number of nitrogens with zero attached hydrogens (tertiary/aromatic N) is 2. The maximum atomic E-state index is 12.7. The van der Waals surface area contributed by atoms with Crippen molar-refractivity contribution in [3.05, 3.63) is 93.4 Å². The fourth-order valence-electron chi connectivity index (χ4n) is 5.45. The molecule has 0 spiro atoms. The van der Waals surface area contributed by atoms with Crippen molar-refractivity contribution in [3.8, 4) is 0 Å². The molecule has 0 bridgehead atoms. The van der Waals surface area contributed by atoms with Gasteiger partial charge in [0.05, 0.1) is 33.6 Å². The lowest BCUT2D eigenvalue weighted by atomic mass is 9.83. The van der Waals surface area contributed by atoms with E-state index in [1.54, 1.807) is 0 Å². The summed E-state index contributed by atoms with van der Waals surface area (Å²) in [6.45, 7) is 7.40. The van der Waals surface area contributed by atoms with Crippen molar-refractivity contribution in [2.24, 2.45) is 5.92 Å². The highest BCUT2D eigenvalue weighted by molar-refractivity contribution is 5.93. The Morgan fingerprint density at radius 1 is 1.09 bits per heavy atom. The number of aromatic amines is 1. The van der Waals surface area contributed by atoms with Crippen molar-refractivity contribution < 1.29 is 0 Å². The number of para-hydroxylation sites is 1. The third-order valence-electron chi connectivity index (χ3n) is 7.04. The van der Waals surface area contributed by atoms with Crippen molar-refractivity contribution in [1.82, 2.24) is 9.97 Å². The molecule has 166 valence electrons. The molecule has 0 fully saturated rings. The molecule has 1 aromatic heterocycles. The summed E-state index contributed by atoms with van der Waals surface area (Å²) < 4.78 is 0. The van der Waals surface area contributed by atoms with E-state index in [-0.39, 0.29) is 5.56 Å². The first kappa shape index (κ1) is 20.0. The Morgan fingerprint density at radius 2 is 1.91 bits per heavy atom. The summed E-state index contributed by atoms with van der Waals surface area (Å²) in [5.41, 5.74) is 8.95. The molecule has 0 amide bonds. The smallest absolute Gasteiger partial charge is 0.270 e. The van der Waals surface area contributed by atoms with Gasteiger partial charge in [-0.3, -0.25) is 4.79 Å². The quantitative estimate of drug-likeness (QED) is 0.445. The lowest BCUT2D eigenvalue weighted by Gasteiger charge is -2.33. The number of hydrogen-bond donors (Lipinski definition) is 2. The molecule has 0 saturated heterocycles. The van der Waals surface area contributed by atoms with E-state index in [1.165, 1.54) is 22.4 Å². The van der Waals surface area contributed by atoms with Gasteiger partial charge < -0.3 is 15.2 Å². The lowest BCUT2D eigenvalue weighted by Crippen LogP contribution is -2.33. The van der Waals surface area contributed by atoms with Crippen LogP contribution in [0.5, 0.6) is 0 Å². The highest BCUT2D eigenvalue weighted by Crippen LogP contribution is 2.51. The maximum absolute atomic E-state index is 12.7. The van der Waals surface area contributed by atoms with Crippen LogP contribution < -0.4 is 15.8 Å². The second-order valence-corrected chi connectivity index (χ2v) is 9.83. The number of anilines is 3. The second-order valence-electron chi connectivity index (χ2n) is 9.83. The van der Waals surface area contributed by atoms with E-state index in [9.17, 15) is 4.79 Å². The summed E-state index contributed by atoms with van der Waals surface area (Å²) in [6, 6.07) is 21.4. The predicted octanol–water partition coefficient (Wildman–Crippen LogP) is 5.50. The third-order valence-corrected chi connectivity index (χ3v) is 7.04. The van der Waals surface area contributed by atoms with Crippen molar-refractivity contribution in [1.29, 1.82) is 0 Å². The average molecular weight is 437 g/mol. The van der Waals surface area contributed by atoms with Crippen molar-refractivity contribution in [2.45, 2.75) is 39.2 Å². The number of aromatic nitrogens is 2. The Bertz CT molecular complexity index is 1440. The van der Waals surface area contributed by atoms with Crippen molar-refractivity contribution >= 4 is 28.1 Å². The number of hydrogen-bond acceptors (Lipinski definition) is 4. The minimum Gasteiger partial charge on any atom is -0.370 e. The van der Waals surface area contributed by atoms with E-state index in [4.69, 9.17) is 4.98 Å². The van der Waals surface area contributed by atoms with E-state index < -0.39 is 5.54 Å². The van der Waals surface area contributed by atoms with Gasteiger partial charge in [-0.05, 0) is 48.9 Å². The predicted molar refractivity (Wildman–Crippen MR) is 135 cm³/mol. The normalized spacial score (nSPS) is 18.7. The fraction of sp³-hybridized carbons (Fsp3) is 0.286. The van der Waals surface area contributed by atoms with Gasteiger partial charge in [0.1, 0.15) is 5.69 Å². The van der Waals surface area contributed by atoms with Crippen LogP contribution in [0.4, 0.5) is 17.1 Å². The van der Waals surface area contributed by atoms with Crippen LogP contribution in [0.1, 0.15) is 43.2 Å². The first-order valence-electron chi connectivity index (χ1n) is 11.7. The van der Waals surface area contributed by atoms with Crippen molar-refractivity contribution in [2.75, 3.05) is 16.8 Å². The number of rotatable bonds is 3. The van der Waals surface area contributed by atoms with Gasteiger partial charge in [0.25, 0.3) is 5.56 Å². The van der Waals surface area contributed by atoms with Crippen molar-refractivity contribution in [3.63, 3.8) is 0 Å². The lowest BCUT2D eigenvalue weighted by molar-refractivity contribution is 0.631. The van der Waals surface area contributed by atoms with Gasteiger partial charge in [-0.1, -0.05) is 62.4 Å². The first-order chi connectivity index (χ1) is 15.9. The molecule has 3 heterocycles. The zero-order valence-corrected chi connectivity index (χ0v) is 19.3. The molecule has 5 nitrogen and oxygen atoms in total. The molecule has 0 aliphatic carbocycles. The minimum absolute atomic E-state index is 0.0951. The molecule has 2 N–H and O–H groups in total. The van der Waals surface area contributed by atoms with Gasteiger partial charge in [-0.15, -0.1) is 0 Å². The van der Waals surface area contributed by atoms with Crippen LogP contribution in [0, 0.1) is 5.92 Å². The maximum Gasteiger partial charge on any atom is 0.270 e. The summed E-state index contributed by atoms with van der Waals surface area (Å²) in [5, 5.41) is 3.87. The molecular formula is C28H28N4O. The molecule has 4 aromatic rings. The van der Waals surface area contributed by atoms with Crippen LogP contribution in [-0.4, -0.2) is 16.5 Å². The highest BCUT2D eigenvalue weighted by Gasteiger charge is 2.39. The molecule has 2 aliphatic heterocycles. The van der Waals surface area contributed by atoms with Crippen LogP contribution >= 0.6 is 0 Å². The Kier molecular flexibility index (Phi) is 4.37. The van der Waals surface area contributed by atoms with E-state index >= 15 is 0 Å². The van der Waals surface area contributed by atoms with E-state index in [0.717, 1.165) is 35.4 Å². The standard InChI is InChI=1S/C28H28N4O/c1-17(2)14-24-27(33)30-21-15-23-25(16-22(21)29-24)32-13-12-18-8-7-11-20(26(18)32)28(3,31-23)19-9-5-4-6-10-19/h4-11,15-17,31H,12-14H2,1-3H3,(H,30,33). The van der Waals surface area contributed by atoms with Crippen LogP contribution in [-0.2, 0) is 18.4 Å². The molecular weight excluding hydrogens is 408 g/mol. The van der Waals surface area contributed by atoms with Crippen LogP contribution in [0.3, 0.4) is 0 Å². The summed E-state index contributed by atoms with van der Waals surface area (Å²) in [7, 11) is 0. The number of nitrogens with one attached hydrogen (secondary N) is 2. The number of fused-ring (bicyclic) bond motifs is 3. The van der Waals surface area contributed by atoms with Gasteiger partial charge in [0, 0.05) is 12.1 Å². The fourth-order valence-corrected chi connectivity index (χ4v) is 5.45. The monoisotopic (exact) mass is 436 g/mol. The average Bonchev–Trinajstić information content (AvgIpc) is 3.19. The Morgan fingerprint density at radius 3 is 2.70 bits per heavy atom. The topological polar surface area (TPSA) is 61.0 Å². The van der Waals surface area contributed by atoms with Gasteiger partial charge >= 0.3 is 0 Å². The molecule has 1 atom stereocenters. The van der Waals surface area contributed by atoms with Gasteiger partial charge in [0.2, 0.25) is 0 Å². The van der Waals surface area contributed by atoms with Gasteiger partial charge in [0.15, 0.2) is 0 Å². The zero-order valence-electron chi connectivity index (χ0n) is 19.3. The molecule has 5 heteroatoms. The molecule has 3 aromatic carbocycles. The summed E-state index contributed by atoms with van der Waals surface area (Å²) >= 11 is 0. The largest absolute Gasteiger partial charge is 0.370 e. The number of H-pyrrole nitrogens is 1. The highest BCUT2D eigenvalue weighted by atomic mass is 16.1. The zero-order chi connectivity index (χ0) is 22.7. The first-order valence-corrected chi connectivity index (χ1v) is 11.7. The third kappa shape index (κ3) is 3.06. The van der Waals surface area contributed by atoms with Gasteiger partial charge in [-0.2, -0.15) is 0 Å². The Balaban J connectivity index is 1.62. The molecule has 33 heavy (non-hydrogen) atoms.